The van der Waals surface area contributed by atoms with Crippen molar-refractivity contribution in [3.63, 3.8) is 0 Å². The van der Waals surface area contributed by atoms with Gasteiger partial charge >= 0.3 is 0 Å². The topological polar surface area (TPSA) is 42.2 Å². The number of nitrogens with zero attached hydrogens (tertiary/aromatic N) is 1. The lowest BCUT2D eigenvalue weighted by atomic mass is 10.1. The van der Waals surface area contributed by atoms with E-state index in [2.05, 4.69) is 0 Å². The lowest BCUT2D eigenvalue weighted by Gasteiger charge is -2.10. The van der Waals surface area contributed by atoms with Crippen LogP contribution < -0.4 is 4.74 Å². The van der Waals surface area contributed by atoms with E-state index in [1.165, 1.54) is 0 Å². The van der Waals surface area contributed by atoms with Crippen LogP contribution >= 0.6 is 11.6 Å². The normalized spacial score (nSPS) is 19.4. The lowest BCUT2D eigenvalue weighted by molar-refractivity contribution is 0.167. The summed E-state index contributed by atoms with van der Waals surface area (Å²) in [6.07, 6.45) is 1.05. The first-order valence-electron chi connectivity index (χ1n) is 5.20. The molecule has 1 unspecified atom stereocenters. The van der Waals surface area contributed by atoms with Crippen molar-refractivity contribution >= 4 is 11.6 Å². The Morgan fingerprint density at radius 3 is 3.06 bits per heavy atom. The first-order valence-corrected chi connectivity index (χ1v) is 5.57. The first-order chi connectivity index (χ1) is 7.79. The van der Waals surface area contributed by atoms with Crippen LogP contribution in [-0.4, -0.2) is 19.8 Å². The highest BCUT2D eigenvalue weighted by atomic mass is 35.5. The Balaban J connectivity index is 1.94. The zero-order chi connectivity index (χ0) is 11.4. The van der Waals surface area contributed by atoms with Crippen molar-refractivity contribution in [2.45, 2.75) is 6.42 Å². The van der Waals surface area contributed by atoms with Gasteiger partial charge in [-0.1, -0.05) is 11.6 Å². The van der Waals surface area contributed by atoms with Crippen LogP contribution in [0.2, 0.25) is 5.02 Å². The highest BCUT2D eigenvalue weighted by Gasteiger charge is 2.16. The van der Waals surface area contributed by atoms with Crippen LogP contribution in [0.15, 0.2) is 18.2 Å². The molecule has 0 saturated carbocycles. The summed E-state index contributed by atoms with van der Waals surface area (Å²) >= 11 is 5.90. The number of hydrogen-bond acceptors (Lipinski definition) is 3. The van der Waals surface area contributed by atoms with Gasteiger partial charge in [-0.3, -0.25) is 0 Å². The van der Waals surface area contributed by atoms with Crippen molar-refractivity contribution in [1.82, 2.24) is 0 Å². The summed E-state index contributed by atoms with van der Waals surface area (Å²) in [4.78, 5) is 0. The Labute approximate surface area is 99.5 Å². The molecule has 0 aliphatic carbocycles. The molecule has 1 aliphatic rings. The smallest absolute Gasteiger partial charge is 0.120 e. The molecule has 0 bridgehead atoms. The predicted octanol–water partition coefficient (Wildman–Crippen LogP) is 2.63. The van der Waals surface area contributed by atoms with Gasteiger partial charge in [0.15, 0.2) is 0 Å². The molecule has 1 aromatic carbocycles. The molecule has 0 aromatic heterocycles. The highest BCUT2D eigenvalue weighted by molar-refractivity contribution is 6.31. The van der Waals surface area contributed by atoms with E-state index in [1.807, 2.05) is 6.07 Å². The third kappa shape index (κ3) is 2.66. The summed E-state index contributed by atoms with van der Waals surface area (Å²) in [6, 6.07) is 7.12. The lowest BCUT2D eigenvalue weighted by Crippen LogP contribution is -2.11. The van der Waals surface area contributed by atoms with Crippen molar-refractivity contribution in [1.29, 1.82) is 5.26 Å². The van der Waals surface area contributed by atoms with Gasteiger partial charge in [-0.15, -0.1) is 0 Å². The number of hydrogen-bond donors (Lipinski definition) is 0. The van der Waals surface area contributed by atoms with Crippen LogP contribution in [0.4, 0.5) is 0 Å². The summed E-state index contributed by atoms with van der Waals surface area (Å²) in [5.41, 5.74) is 0.471. The average molecular weight is 238 g/mol. The van der Waals surface area contributed by atoms with E-state index in [9.17, 15) is 0 Å². The van der Waals surface area contributed by atoms with Crippen LogP contribution in [-0.2, 0) is 4.74 Å². The molecule has 1 atom stereocenters. The Bertz CT molecular complexity index is 408. The molecule has 1 aliphatic heterocycles. The molecule has 0 N–H and O–H groups in total. The average Bonchev–Trinajstić information content (AvgIpc) is 2.79. The SMILES string of the molecule is N#Cc1ccc(OCC2CCOC2)cc1Cl. The maximum Gasteiger partial charge on any atom is 0.120 e. The van der Waals surface area contributed by atoms with Crippen molar-refractivity contribution in [3.05, 3.63) is 28.8 Å². The molecule has 4 heteroatoms. The minimum atomic E-state index is 0.433. The Morgan fingerprint density at radius 1 is 1.56 bits per heavy atom. The van der Waals surface area contributed by atoms with Crippen LogP contribution in [0.1, 0.15) is 12.0 Å². The number of benzene rings is 1. The van der Waals surface area contributed by atoms with Gasteiger partial charge in [-0.25, -0.2) is 0 Å². The molecular formula is C12H12ClNO2. The fraction of sp³-hybridized carbons (Fsp3) is 0.417. The molecule has 1 fully saturated rings. The quantitative estimate of drug-likeness (QED) is 0.812. The molecule has 3 nitrogen and oxygen atoms in total. The minimum Gasteiger partial charge on any atom is -0.493 e. The maximum atomic E-state index is 8.72. The molecule has 0 amide bonds. The van der Waals surface area contributed by atoms with Gasteiger partial charge in [0.2, 0.25) is 0 Å². The summed E-state index contributed by atoms with van der Waals surface area (Å²) in [5, 5.41) is 9.15. The third-order valence-corrected chi connectivity index (χ3v) is 2.88. The summed E-state index contributed by atoms with van der Waals surface area (Å²) in [5.74, 6) is 1.17. The van der Waals surface area contributed by atoms with E-state index in [-0.39, 0.29) is 0 Å². The van der Waals surface area contributed by atoms with E-state index in [0.717, 1.165) is 19.6 Å². The second kappa shape index (κ2) is 5.20. The Kier molecular flexibility index (Phi) is 3.66. The van der Waals surface area contributed by atoms with Gasteiger partial charge in [0.05, 0.1) is 23.8 Å². The van der Waals surface area contributed by atoms with Crippen LogP contribution in [0.3, 0.4) is 0 Å². The Hall–Kier alpha value is -1.24. The van der Waals surface area contributed by atoms with Crippen LogP contribution in [0.25, 0.3) is 0 Å². The predicted molar refractivity (Wildman–Crippen MR) is 60.6 cm³/mol. The van der Waals surface area contributed by atoms with Gasteiger partial charge in [0.25, 0.3) is 0 Å². The van der Waals surface area contributed by atoms with Crippen molar-refractivity contribution in [2.24, 2.45) is 5.92 Å². The summed E-state index contributed by atoms with van der Waals surface area (Å²) < 4.78 is 10.9. The van der Waals surface area contributed by atoms with Gasteiger partial charge in [0, 0.05) is 18.6 Å². The summed E-state index contributed by atoms with van der Waals surface area (Å²) in [7, 11) is 0. The minimum absolute atomic E-state index is 0.433. The fourth-order valence-electron chi connectivity index (χ4n) is 1.61. The molecule has 2 rings (SSSR count). The molecule has 16 heavy (non-hydrogen) atoms. The number of halogens is 1. The highest BCUT2D eigenvalue weighted by Crippen LogP contribution is 2.23. The second-order valence-corrected chi connectivity index (χ2v) is 4.20. The van der Waals surface area contributed by atoms with E-state index in [0.29, 0.717) is 28.9 Å². The van der Waals surface area contributed by atoms with E-state index in [4.69, 9.17) is 26.3 Å². The van der Waals surface area contributed by atoms with E-state index < -0.39 is 0 Å². The molecular weight excluding hydrogens is 226 g/mol. The third-order valence-electron chi connectivity index (χ3n) is 2.57. The molecule has 1 saturated heterocycles. The zero-order valence-electron chi connectivity index (χ0n) is 8.78. The molecule has 84 valence electrons. The number of nitriles is 1. The molecule has 1 heterocycles. The monoisotopic (exact) mass is 237 g/mol. The summed E-state index contributed by atoms with van der Waals surface area (Å²) in [6.45, 7) is 2.23. The van der Waals surface area contributed by atoms with Gasteiger partial charge < -0.3 is 9.47 Å². The van der Waals surface area contributed by atoms with Crippen molar-refractivity contribution in [3.8, 4) is 11.8 Å². The molecule has 0 spiro atoms. The number of rotatable bonds is 3. The standard InChI is InChI=1S/C12H12ClNO2/c13-12-5-11(2-1-10(12)6-14)16-8-9-3-4-15-7-9/h1-2,5,9H,3-4,7-8H2. The van der Waals surface area contributed by atoms with Gasteiger partial charge in [0.1, 0.15) is 11.8 Å². The van der Waals surface area contributed by atoms with Crippen LogP contribution in [0.5, 0.6) is 5.75 Å². The van der Waals surface area contributed by atoms with Crippen molar-refractivity contribution in [2.75, 3.05) is 19.8 Å². The number of ether oxygens (including phenoxy) is 2. The first kappa shape index (κ1) is 11.3. The van der Waals surface area contributed by atoms with Gasteiger partial charge in [-0.05, 0) is 18.6 Å². The van der Waals surface area contributed by atoms with E-state index in [1.54, 1.807) is 18.2 Å². The van der Waals surface area contributed by atoms with Gasteiger partial charge in [-0.2, -0.15) is 5.26 Å². The van der Waals surface area contributed by atoms with Crippen LogP contribution in [0, 0.1) is 17.2 Å². The molecule has 0 radical (unpaired) electrons. The zero-order valence-corrected chi connectivity index (χ0v) is 9.54. The maximum absolute atomic E-state index is 8.72. The van der Waals surface area contributed by atoms with Crippen molar-refractivity contribution < 1.29 is 9.47 Å². The molecule has 1 aromatic rings. The largest absolute Gasteiger partial charge is 0.493 e. The fourth-order valence-corrected chi connectivity index (χ4v) is 1.82. The second-order valence-electron chi connectivity index (χ2n) is 3.79. The Morgan fingerprint density at radius 2 is 2.44 bits per heavy atom. The van der Waals surface area contributed by atoms with E-state index >= 15 is 0 Å².